The van der Waals surface area contributed by atoms with Crippen molar-refractivity contribution in [3.05, 3.63) is 81.2 Å². The molecule has 0 spiro atoms. The zero-order valence-corrected chi connectivity index (χ0v) is 17.9. The van der Waals surface area contributed by atoms with Crippen LogP contribution in [0.25, 0.3) is 11.3 Å². The Morgan fingerprint density at radius 1 is 1.00 bits per heavy atom. The van der Waals surface area contributed by atoms with Crippen LogP contribution in [0.1, 0.15) is 32.9 Å². The molecule has 1 heterocycles. The van der Waals surface area contributed by atoms with Crippen LogP contribution in [-0.4, -0.2) is 15.9 Å². The van der Waals surface area contributed by atoms with Gasteiger partial charge in [-0.3, -0.25) is 4.79 Å². The Bertz CT molecular complexity index is 1130. The third-order valence-corrected chi connectivity index (χ3v) is 5.07. The van der Waals surface area contributed by atoms with Crippen LogP contribution in [0.4, 0.5) is 26.3 Å². The van der Waals surface area contributed by atoms with Gasteiger partial charge in [0.1, 0.15) is 5.82 Å². The minimum Gasteiger partial charge on any atom is -0.348 e. The summed E-state index contributed by atoms with van der Waals surface area (Å²) in [5.74, 6) is -0.373. The maximum absolute atomic E-state index is 13.0. The average Bonchev–Trinajstić information content (AvgIpc) is 2.71. The molecule has 1 aromatic heterocycles. The van der Waals surface area contributed by atoms with Crippen LogP contribution in [0.3, 0.4) is 0 Å². The number of aryl methyl sites for hydroxylation is 1. The monoisotopic (exact) mass is 517 g/mol. The van der Waals surface area contributed by atoms with Crippen molar-refractivity contribution >= 4 is 21.8 Å². The summed E-state index contributed by atoms with van der Waals surface area (Å²) in [5.41, 5.74) is -2.40. The van der Waals surface area contributed by atoms with Gasteiger partial charge in [0.05, 0.1) is 22.4 Å². The molecule has 1 amide bonds. The number of aromatic nitrogens is 2. The second-order valence-electron chi connectivity index (χ2n) is 6.76. The number of nitrogens with zero attached hydrogens (tertiary/aromatic N) is 2. The van der Waals surface area contributed by atoms with E-state index in [1.807, 2.05) is 0 Å². The van der Waals surface area contributed by atoms with Crippen LogP contribution < -0.4 is 5.32 Å². The molecule has 2 aromatic carbocycles. The van der Waals surface area contributed by atoms with E-state index in [2.05, 4.69) is 31.2 Å². The number of benzene rings is 2. The molecule has 0 atom stereocenters. The van der Waals surface area contributed by atoms with Gasteiger partial charge in [-0.15, -0.1) is 0 Å². The number of halogens is 7. The van der Waals surface area contributed by atoms with Gasteiger partial charge in [0.15, 0.2) is 0 Å². The molecule has 0 aliphatic heterocycles. The van der Waals surface area contributed by atoms with Gasteiger partial charge in [-0.2, -0.15) is 26.3 Å². The zero-order valence-electron chi connectivity index (χ0n) is 16.3. The first-order valence-electron chi connectivity index (χ1n) is 9.01. The minimum absolute atomic E-state index is 0.0190. The van der Waals surface area contributed by atoms with E-state index in [9.17, 15) is 31.1 Å². The molecule has 32 heavy (non-hydrogen) atoms. The van der Waals surface area contributed by atoms with Crippen molar-refractivity contribution in [1.82, 2.24) is 15.3 Å². The highest BCUT2D eigenvalue weighted by molar-refractivity contribution is 9.10. The molecule has 0 radical (unpaired) electrons. The lowest BCUT2D eigenvalue weighted by Crippen LogP contribution is -2.25. The van der Waals surface area contributed by atoms with E-state index >= 15 is 0 Å². The molecule has 0 saturated carbocycles. The lowest BCUT2D eigenvalue weighted by atomic mass is 10.0. The summed E-state index contributed by atoms with van der Waals surface area (Å²) in [7, 11) is 0. The number of hydrogen-bond acceptors (Lipinski definition) is 3. The van der Waals surface area contributed by atoms with Crippen molar-refractivity contribution in [3.63, 3.8) is 0 Å². The second kappa shape index (κ2) is 8.89. The predicted octanol–water partition coefficient (Wildman–Crippen LogP) is 6.18. The van der Waals surface area contributed by atoms with Crippen molar-refractivity contribution in [3.8, 4) is 11.3 Å². The summed E-state index contributed by atoms with van der Waals surface area (Å²) >= 11 is 3.36. The van der Waals surface area contributed by atoms with Gasteiger partial charge in [0, 0.05) is 22.8 Å². The quantitative estimate of drug-likeness (QED) is 0.420. The number of carbonyl (C=O) groups is 1. The van der Waals surface area contributed by atoms with E-state index in [1.54, 1.807) is 31.2 Å². The Kier molecular flexibility index (Phi) is 6.59. The zero-order chi connectivity index (χ0) is 23.7. The Labute approximate surface area is 186 Å². The minimum atomic E-state index is -4.97. The largest absolute Gasteiger partial charge is 0.416 e. The van der Waals surface area contributed by atoms with Gasteiger partial charge in [0.25, 0.3) is 5.91 Å². The van der Waals surface area contributed by atoms with Crippen LogP contribution in [0, 0.1) is 6.92 Å². The van der Waals surface area contributed by atoms with E-state index < -0.39 is 35.9 Å². The Morgan fingerprint density at radius 2 is 1.59 bits per heavy atom. The van der Waals surface area contributed by atoms with Crippen molar-refractivity contribution in [1.29, 1.82) is 0 Å². The third kappa shape index (κ3) is 5.45. The molecule has 3 aromatic rings. The number of rotatable bonds is 4. The van der Waals surface area contributed by atoms with Gasteiger partial charge in [-0.1, -0.05) is 34.1 Å². The fraction of sp³-hybridized carbons (Fsp3) is 0.190. The average molecular weight is 518 g/mol. The first kappa shape index (κ1) is 23.7. The van der Waals surface area contributed by atoms with Crippen LogP contribution >= 0.6 is 15.9 Å². The molecule has 0 fully saturated rings. The molecule has 4 nitrogen and oxygen atoms in total. The summed E-state index contributed by atoms with van der Waals surface area (Å²) in [6, 6.07) is 8.07. The summed E-state index contributed by atoms with van der Waals surface area (Å²) in [4.78, 5) is 21.0. The molecule has 0 aliphatic rings. The summed E-state index contributed by atoms with van der Waals surface area (Å²) in [5, 5.41) is 2.35. The van der Waals surface area contributed by atoms with Crippen molar-refractivity contribution in [2.75, 3.05) is 0 Å². The first-order valence-corrected chi connectivity index (χ1v) is 9.80. The predicted molar refractivity (Wildman–Crippen MR) is 108 cm³/mol. The Balaban J connectivity index is 1.93. The van der Waals surface area contributed by atoms with Gasteiger partial charge in [-0.05, 0) is 36.8 Å². The van der Waals surface area contributed by atoms with Crippen LogP contribution in [0.2, 0.25) is 0 Å². The Morgan fingerprint density at radius 3 is 2.16 bits per heavy atom. The number of carbonyl (C=O) groups excluding carboxylic acids is 1. The van der Waals surface area contributed by atoms with Crippen molar-refractivity contribution in [2.45, 2.75) is 25.8 Å². The van der Waals surface area contributed by atoms with Crippen LogP contribution in [-0.2, 0) is 18.9 Å². The van der Waals surface area contributed by atoms with E-state index in [4.69, 9.17) is 0 Å². The molecule has 1 N–H and O–H groups in total. The number of hydrogen-bond donors (Lipinski definition) is 1. The van der Waals surface area contributed by atoms with Gasteiger partial charge in [0.2, 0.25) is 0 Å². The molecule has 168 valence electrons. The molecule has 3 rings (SSSR count). The highest BCUT2D eigenvalue weighted by Gasteiger charge is 2.36. The lowest BCUT2D eigenvalue weighted by molar-refractivity contribution is -0.143. The number of nitrogens with one attached hydrogen (secondary N) is 1. The summed E-state index contributed by atoms with van der Waals surface area (Å²) < 4.78 is 78.9. The topological polar surface area (TPSA) is 54.9 Å². The van der Waals surface area contributed by atoms with Gasteiger partial charge >= 0.3 is 12.4 Å². The highest BCUT2D eigenvalue weighted by Crippen LogP contribution is 2.36. The van der Waals surface area contributed by atoms with E-state index in [0.717, 1.165) is 0 Å². The van der Waals surface area contributed by atoms with E-state index in [0.29, 0.717) is 28.0 Å². The van der Waals surface area contributed by atoms with Crippen LogP contribution in [0.5, 0.6) is 0 Å². The summed E-state index contributed by atoms with van der Waals surface area (Å²) in [6.45, 7) is 1.05. The van der Waals surface area contributed by atoms with Gasteiger partial charge in [-0.25, -0.2) is 9.97 Å². The number of amides is 1. The van der Waals surface area contributed by atoms with E-state index in [1.165, 1.54) is 6.20 Å². The normalized spacial score (nSPS) is 12.0. The molecule has 0 aliphatic carbocycles. The molecular weight excluding hydrogens is 504 g/mol. The summed E-state index contributed by atoms with van der Waals surface area (Å²) in [6.07, 6.45) is -8.70. The highest BCUT2D eigenvalue weighted by atomic mass is 79.9. The molecule has 11 heteroatoms. The fourth-order valence-corrected chi connectivity index (χ4v) is 3.37. The SMILES string of the molecule is Cc1ncc(C(=O)NCc2cc(C(F)(F)F)cc(C(F)(F)F)c2)c(-c2ccccc2Br)n1. The molecular formula is C21H14BrF6N3O. The molecule has 0 unspecified atom stereocenters. The van der Waals surface area contributed by atoms with Crippen molar-refractivity contribution < 1.29 is 31.1 Å². The lowest BCUT2D eigenvalue weighted by Gasteiger charge is -2.15. The fourth-order valence-electron chi connectivity index (χ4n) is 2.89. The maximum atomic E-state index is 13.0. The first-order chi connectivity index (χ1) is 14.9. The van der Waals surface area contributed by atoms with Crippen LogP contribution in [0.15, 0.2) is 53.1 Å². The third-order valence-electron chi connectivity index (χ3n) is 4.38. The van der Waals surface area contributed by atoms with Gasteiger partial charge < -0.3 is 5.32 Å². The maximum Gasteiger partial charge on any atom is 0.416 e. The van der Waals surface area contributed by atoms with Crippen molar-refractivity contribution in [2.24, 2.45) is 0 Å². The molecule has 0 saturated heterocycles. The number of alkyl halides is 6. The standard InChI is InChI=1S/C21H14BrF6N3O/c1-11-29-10-16(18(31-11)15-4-2-3-5-17(15)22)19(32)30-9-12-6-13(20(23,24)25)8-14(7-12)21(26,27)28/h2-8,10H,9H2,1H3,(H,30,32). The second-order valence-corrected chi connectivity index (χ2v) is 7.61. The smallest absolute Gasteiger partial charge is 0.348 e. The van der Waals surface area contributed by atoms with E-state index in [-0.39, 0.29) is 22.9 Å². The Hall–Kier alpha value is -2.95. The molecule has 0 bridgehead atoms.